The minimum absolute atomic E-state index is 0.165. The fourth-order valence-corrected chi connectivity index (χ4v) is 2.76. The minimum atomic E-state index is -4.37. The van der Waals surface area contributed by atoms with Gasteiger partial charge in [0.1, 0.15) is 0 Å². The highest BCUT2D eigenvalue weighted by Gasteiger charge is 2.30. The summed E-state index contributed by atoms with van der Waals surface area (Å²) in [6, 6.07) is 4.55. The molecule has 0 unspecified atom stereocenters. The molecule has 0 bridgehead atoms. The Labute approximate surface area is 149 Å². The molecule has 142 valence electrons. The van der Waals surface area contributed by atoms with Gasteiger partial charge in [-0.05, 0) is 37.1 Å². The van der Waals surface area contributed by atoms with E-state index in [1.807, 2.05) is 0 Å². The Morgan fingerprint density at radius 2 is 1.32 bits per heavy atom. The van der Waals surface area contributed by atoms with E-state index in [0.29, 0.717) is 18.7 Å². The van der Waals surface area contributed by atoms with Gasteiger partial charge < -0.3 is 4.90 Å². The lowest BCUT2D eigenvalue weighted by molar-refractivity contribution is -0.137. The van der Waals surface area contributed by atoms with Crippen molar-refractivity contribution in [2.24, 2.45) is 0 Å². The van der Waals surface area contributed by atoms with Crippen LogP contribution in [0.4, 0.5) is 13.2 Å². The largest absolute Gasteiger partial charge is 0.416 e. The average Bonchev–Trinajstić information content (AvgIpc) is 2.59. The van der Waals surface area contributed by atoms with Crippen molar-refractivity contribution in [3.8, 4) is 0 Å². The smallest absolute Gasteiger partial charge is 0.339 e. The van der Waals surface area contributed by atoms with Crippen molar-refractivity contribution in [3.63, 3.8) is 0 Å². The SMILES string of the molecule is CCCCCCN(CCCCCC)C(=O)c1ccc(C(F)(F)F)cc1. The first-order chi connectivity index (χ1) is 11.9. The van der Waals surface area contributed by atoms with E-state index in [0.717, 1.165) is 63.5 Å². The number of hydrogen-bond acceptors (Lipinski definition) is 1. The zero-order valence-corrected chi connectivity index (χ0v) is 15.4. The summed E-state index contributed by atoms with van der Waals surface area (Å²) in [5.41, 5.74) is -0.388. The summed E-state index contributed by atoms with van der Waals surface area (Å²) in [5.74, 6) is -0.165. The van der Waals surface area contributed by atoms with Gasteiger partial charge in [0, 0.05) is 18.7 Å². The molecular weight excluding hydrogens is 327 g/mol. The number of hydrogen-bond donors (Lipinski definition) is 0. The van der Waals surface area contributed by atoms with E-state index in [4.69, 9.17) is 0 Å². The summed E-state index contributed by atoms with van der Waals surface area (Å²) in [4.78, 5) is 14.5. The quantitative estimate of drug-likeness (QED) is 0.425. The molecule has 0 aliphatic carbocycles. The summed E-state index contributed by atoms with van der Waals surface area (Å²) in [5, 5.41) is 0. The number of carbonyl (C=O) groups is 1. The van der Waals surface area contributed by atoms with Gasteiger partial charge in [0.2, 0.25) is 0 Å². The van der Waals surface area contributed by atoms with Gasteiger partial charge in [-0.15, -0.1) is 0 Å². The highest BCUT2D eigenvalue weighted by molar-refractivity contribution is 5.94. The predicted octanol–water partition coefficient (Wildman–Crippen LogP) is 6.31. The van der Waals surface area contributed by atoms with Crippen molar-refractivity contribution in [2.45, 2.75) is 71.4 Å². The van der Waals surface area contributed by atoms with Crippen molar-refractivity contribution in [1.82, 2.24) is 4.90 Å². The Balaban J connectivity index is 2.71. The van der Waals surface area contributed by atoms with Crippen LogP contribution in [0.3, 0.4) is 0 Å². The van der Waals surface area contributed by atoms with Gasteiger partial charge in [0.15, 0.2) is 0 Å². The lowest BCUT2D eigenvalue weighted by Gasteiger charge is -2.23. The normalized spacial score (nSPS) is 11.6. The molecular formula is C20H30F3NO. The van der Waals surface area contributed by atoms with Gasteiger partial charge in [0.05, 0.1) is 5.56 Å². The van der Waals surface area contributed by atoms with Crippen molar-refractivity contribution in [1.29, 1.82) is 0 Å². The Morgan fingerprint density at radius 1 is 0.840 bits per heavy atom. The topological polar surface area (TPSA) is 20.3 Å². The number of rotatable bonds is 11. The van der Waals surface area contributed by atoms with Gasteiger partial charge in [-0.25, -0.2) is 0 Å². The Morgan fingerprint density at radius 3 is 1.72 bits per heavy atom. The van der Waals surface area contributed by atoms with Crippen molar-refractivity contribution >= 4 is 5.91 Å². The molecule has 0 saturated carbocycles. The number of nitrogens with zero attached hydrogens (tertiary/aromatic N) is 1. The molecule has 0 radical (unpaired) electrons. The Hall–Kier alpha value is -1.52. The molecule has 1 aromatic rings. The van der Waals surface area contributed by atoms with E-state index in [2.05, 4.69) is 13.8 Å². The van der Waals surface area contributed by atoms with E-state index in [-0.39, 0.29) is 5.91 Å². The van der Waals surface area contributed by atoms with Crippen molar-refractivity contribution in [3.05, 3.63) is 35.4 Å². The first kappa shape index (κ1) is 21.5. The molecule has 2 nitrogen and oxygen atoms in total. The Kier molecular flexibility index (Phi) is 9.61. The zero-order chi connectivity index (χ0) is 18.7. The number of carbonyl (C=O) groups excluding carboxylic acids is 1. The van der Waals surface area contributed by atoms with E-state index in [1.54, 1.807) is 4.90 Å². The maximum atomic E-state index is 12.7. The number of amides is 1. The summed E-state index contributed by atoms with van der Waals surface area (Å²) >= 11 is 0. The van der Waals surface area contributed by atoms with Crippen LogP contribution in [0.25, 0.3) is 0 Å². The maximum Gasteiger partial charge on any atom is 0.416 e. The second kappa shape index (κ2) is 11.2. The molecule has 0 aliphatic heterocycles. The van der Waals surface area contributed by atoms with E-state index in [1.165, 1.54) is 12.1 Å². The molecule has 25 heavy (non-hydrogen) atoms. The molecule has 0 saturated heterocycles. The zero-order valence-electron chi connectivity index (χ0n) is 15.4. The minimum Gasteiger partial charge on any atom is -0.339 e. The van der Waals surface area contributed by atoms with Gasteiger partial charge in [-0.2, -0.15) is 13.2 Å². The van der Waals surface area contributed by atoms with Crippen LogP contribution in [0, 0.1) is 0 Å². The van der Waals surface area contributed by atoms with Gasteiger partial charge in [-0.3, -0.25) is 4.79 Å². The molecule has 1 aromatic carbocycles. The summed E-state index contributed by atoms with van der Waals surface area (Å²) in [7, 11) is 0. The molecule has 0 heterocycles. The third-order valence-electron chi connectivity index (χ3n) is 4.31. The fourth-order valence-electron chi connectivity index (χ4n) is 2.76. The molecule has 5 heteroatoms. The van der Waals surface area contributed by atoms with Crippen LogP contribution < -0.4 is 0 Å². The number of benzene rings is 1. The first-order valence-corrected chi connectivity index (χ1v) is 9.36. The molecule has 0 N–H and O–H groups in total. The lowest BCUT2D eigenvalue weighted by atomic mass is 10.1. The number of alkyl halides is 3. The molecule has 1 amide bonds. The summed E-state index contributed by atoms with van der Waals surface area (Å²) in [6.07, 6.45) is 4.18. The van der Waals surface area contributed by atoms with Crippen molar-refractivity contribution in [2.75, 3.05) is 13.1 Å². The van der Waals surface area contributed by atoms with Crippen LogP contribution in [-0.2, 0) is 6.18 Å². The van der Waals surface area contributed by atoms with E-state index < -0.39 is 11.7 Å². The first-order valence-electron chi connectivity index (χ1n) is 9.36. The number of unbranched alkanes of at least 4 members (excludes halogenated alkanes) is 6. The highest BCUT2D eigenvalue weighted by atomic mass is 19.4. The monoisotopic (exact) mass is 357 g/mol. The third kappa shape index (κ3) is 7.93. The fraction of sp³-hybridized carbons (Fsp3) is 0.650. The predicted molar refractivity (Wildman–Crippen MR) is 95.6 cm³/mol. The van der Waals surface area contributed by atoms with Crippen LogP contribution in [0.5, 0.6) is 0 Å². The average molecular weight is 357 g/mol. The molecule has 0 spiro atoms. The van der Waals surface area contributed by atoms with Gasteiger partial charge >= 0.3 is 6.18 Å². The Bertz CT molecular complexity index is 485. The van der Waals surface area contributed by atoms with Crippen molar-refractivity contribution < 1.29 is 18.0 Å². The second-order valence-electron chi connectivity index (χ2n) is 6.49. The van der Waals surface area contributed by atoms with Crippen LogP contribution in [0.2, 0.25) is 0 Å². The molecule has 0 fully saturated rings. The molecule has 1 rings (SSSR count). The van der Waals surface area contributed by atoms with Crippen LogP contribution >= 0.6 is 0 Å². The second-order valence-corrected chi connectivity index (χ2v) is 6.49. The van der Waals surface area contributed by atoms with Crippen LogP contribution in [0.1, 0.15) is 81.1 Å². The summed E-state index contributed by atoms with van der Waals surface area (Å²) < 4.78 is 38.0. The van der Waals surface area contributed by atoms with Crippen LogP contribution in [0.15, 0.2) is 24.3 Å². The molecule has 0 aromatic heterocycles. The van der Waals surface area contributed by atoms with Gasteiger partial charge in [-0.1, -0.05) is 52.4 Å². The maximum absolute atomic E-state index is 12.7. The molecule has 0 atom stereocenters. The van der Waals surface area contributed by atoms with Crippen LogP contribution in [-0.4, -0.2) is 23.9 Å². The lowest BCUT2D eigenvalue weighted by Crippen LogP contribution is -2.33. The standard InChI is InChI=1S/C20H30F3NO/c1-3-5-7-9-15-24(16-10-8-6-4-2)19(25)17-11-13-18(14-12-17)20(21,22)23/h11-14H,3-10,15-16H2,1-2H3. The molecule has 0 aliphatic rings. The number of halogens is 3. The summed E-state index contributed by atoms with van der Waals surface area (Å²) in [6.45, 7) is 5.61. The van der Waals surface area contributed by atoms with E-state index in [9.17, 15) is 18.0 Å². The third-order valence-corrected chi connectivity index (χ3v) is 4.31. The van der Waals surface area contributed by atoms with Gasteiger partial charge in [0.25, 0.3) is 5.91 Å². The van der Waals surface area contributed by atoms with E-state index >= 15 is 0 Å². The highest BCUT2D eigenvalue weighted by Crippen LogP contribution is 2.29.